The van der Waals surface area contributed by atoms with Crippen LogP contribution in [0.5, 0.6) is 0 Å². The number of aryl methyl sites for hydroxylation is 1. The highest BCUT2D eigenvalue weighted by molar-refractivity contribution is 6.03. The molecule has 0 saturated heterocycles. The minimum atomic E-state index is -0.950. The molecule has 0 bridgehead atoms. The van der Waals surface area contributed by atoms with E-state index >= 15 is 0 Å². The van der Waals surface area contributed by atoms with E-state index in [1.54, 1.807) is 12.4 Å². The zero-order valence-corrected chi connectivity index (χ0v) is 20.0. The van der Waals surface area contributed by atoms with Gasteiger partial charge in [0, 0.05) is 12.2 Å². The Morgan fingerprint density at radius 2 is 1.77 bits per heavy atom. The number of nitrogens with zero attached hydrogens (tertiary/aromatic N) is 2. The number of nitrogens with two attached hydrogens (primary N) is 1. The second-order valence-corrected chi connectivity index (χ2v) is 9.72. The van der Waals surface area contributed by atoms with E-state index in [2.05, 4.69) is 29.1 Å². The molecule has 3 atom stereocenters. The van der Waals surface area contributed by atoms with Gasteiger partial charge in [0.05, 0.1) is 17.4 Å². The first-order valence-electron chi connectivity index (χ1n) is 11.8. The van der Waals surface area contributed by atoms with E-state index in [0.29, 0.717) is 23.1 Å². The molecular weight excluding hydrogens is 453 g/mol. The molecule has 1 aliphatic carbocycles. The third-order valence-electron chi connectivity index (χ3n) is 6.77. The van der Waals surface area contributed by atoms with Gasteiger partial charge in [0.2, 0.25) is 0 Å². The summed E-state index contributed by atoms with van der Waals surface area (Å²) in [5.41, 5.74) is 6.79. The summed E-state index contributed by atoms with van der Waals surface area (Å²) >= 11 is 0. The normalized spacial score (nSPS) is 20.2. The lowest BCUT2D eigenvalue weighted by molar-refractivity contribution is 0.102. The molecule has 8 heteroatoms. The number of halogens is 3. The molecule has 4 rings (SSSR count). The van der Waals surface area contributed by atoms with Crippen LogP contribution in [0.2, 0.25) is 0 Å². The molecule has 1 saturated carbocycles. The highest BCUT2D eigenvalue weighted by Crippen LogP contribution is 2.41. The van der Waals surface area contributed by atoms with Crippen LogP contribution in [0, 0.1) is 36.2 Å². The molecule has 1 fully saturated rings. The van der Waals surface area contributed by atoms with Gasteiger partial charge in [-0.3, -0.25) is 9.78 Å². The molecule has 35 heavy (non-hydrogen) atoms. The van der Waals surface area contributed by atoms with Gasteiger partial charge < -0.3 is 11.1 Å². The Morgan fingerprint density at radius 1 is 1.06 bits per heavy atom. The van der Waals surface area contributed by atoms with Crippen LogP contribution in [-0.4, -0.2) is 21.9 Å². The largest absolute Gasteiger partial charge is 0.328 e. The second-order valence-electron chi connectivity index (χ2n) is 9.72. The summed E-state index contributed by atoms with van der Waals surface area (Å²) in [6, 6.07) is 6.28. The van der Waals surface area contributed by atoms with Gasteiger partial charge in [0.1, 0.15) is 28.8 Å². The molecule has 184 valence electrons. The summed E-state index contributed by atoms with van der Waals surface area (Å²) < 4.78 is 43.4. The molecule has 0 unspecified atom stereocenters. The van der Waals surface area contributed by atoms with Crippen LogP contribution in [0.15, 0.2) is 42.7 Å². The molecule has 2 aromatic heterocycles. The summed E-state index contributed by atoms with van der Waals surface area (Å²) in [4.78, 5) is 21.2. The van der Waals surface area contributed by atoms with Crippen LogP contribution in [0.1, 0.15) is 60.6 Å². The number of hydrogen-bond donors (Lipinski definition) is 2. The van der Waals surface area contributed by atoms with Gasteiger partial charge in [-0.1, -0.05) is 13.8 Å². The first kappa shape index (κ1) is 24.9. The smallest absolute Gasteiger partial charge is 0.274 e. The third kappa shape index (κ3) is 5.37. The second kappa shape index (κ2) is 10.2. The lowest BCUT2D eigenvalue weighted by Gasteiger charge is -2.36. The zero-order chi connectivity index (χ0) is 25.3. The van der Waals surface area contributed by atoms with Gasteiger partial charge in [-0.25, -0.2) is 18.2 Å². The van der Waals surface area contributed by atoms with Crippen molar-refractivity contribution >= 4 is 11.6 Å². The molecule has 2 heterocycles. The average molecular weight is 483 g/mol. The fraction of sp³-hybridized carbons (Fsp3) is 0.370. The third-order valence-corrected chi connectivity index (χ3v) is 6.77. The fourth-order valence-corrected chi connectivity index (χ4v) is 4.93. The Kier molecular flexibility index (Phi) is 7.21. The number of carbonyl (C=O) groups is 1. The average Bonchev–Trinajstić information content (AvgIpc) is 2.79. The molecule has 1 aromatic carbocycles. The maximum absolute atomic E-state index is 14.5. The molecule has 3 aromatic rings. The van der Waals surface area contributed by atoms with Crippen molar-refractivity contribution in [1.82, 2.24) is 9.97 Å². The maximum Gasteiger partial charge on any atom is 0.274 e. The van der Waals surface area contributed by atoms with Crippen molar-refractivity contribution in [2.45, 2.75) is 52.0 Å². The van der Waals surface area contributed by atoms with E-state index in [1.165, 1.54) is 13.0 Å². The van der Waals surface area contributed by atoms with Crippen molar-refractivity contribution in [3.8, 4) is 11.3 Å². The number of amides is 1. The van der Waals surface area contributed by atoms with Crippen molar-refractivity contribution < 1.29 is 18.0 Å². The molecule has 3 N–H and O–H groups in total. The monoisotopic (exact) mass is 482 g/mol. The Balaban J connectivity index is 1.63. The van der Waals surface area contributed by atoms with E-state index in [4.69, 9.17) is 5.73 Å². The van der Waals surface area contributed by atoms with Crippen LogP contribution in [0.3, 0.4) is 0 Å². The van der Waals surface area contributed by atoms with Crippen molar-refractivity contribution in [2.75, 3.05) is 5.32 Å². The first-order valence-corrected chi connectivity index (χ1v) is 11.8. The topological polar surface area (TPSA) is 80.9 Å². The van der Waals surface area contributed by atoms with Gasteiger partial charge in [0.15, 0.2) is 0 Å². The van der Waals surface area contributed by atoms with Gasteiger partial charge in [-0.2, -0.15) is 0 Å². The highest BCUT2D eigenvalue weighted by atomic mass is 19.1. The van der Waals surface area contributed by atoms with Crippen LogP contribution >= 0.6 is 0 Å². The molecule has 5 nitrogen and oxygen atoms in total. The first-order chi connectivity index (χ1) is 16.6. The molecule has 0 radical (unpaired) electrons. The van der Waals surface area contributed by atoms with E-state index in [9.17, 15) is 18.0 Å². The summed E-state index contributed by atoms with van der Waals surface area (Å²) in [7, 11) is 0. The molecule has 0 spiro atoms. The summed E-state index contributed by atoms with van der Waals surface area (Å²) in [6.07, 6.45) is 5.94. The predicted octanol–water partition coefficient (Wildman–Crippen LogP) is 5.99. The summed E-state index contributed by atoms with van der Waals surface area (Å²) in [6.45, 7) is 5.90. The maximum atomic E-state index is 14.5. The number of benzene rings is 1. The van der Waals surface area contributed by atoms with Crippen molar-refractivity contribution in [3.05, 3.63) is 77.0 Å². The van der Waals surface area contributed by atoms with Crippen LogP contribution in [0.4, 0.5) is 18.9 Å². The number of pyridine rings is 2. The standard InChI is InChI=1S/C27H29F3N4O/c1-14(2)16-10-17(12-18(31)11-16)19-6-7-32-13-24(19)34-27(35)23-5-4-20(28)26(33-23)25-21(29)8-15(3)9-22(25)30/h4-9,13-14,16-18H,10-12,31H2,1-3H3,(H,34,35)/t16-,17+,18+/m0/s1. The Morgan fingerprint density at radius 3 is 2.46 bits per heavy atom. The van der Waals surface area contributed by atoms with E-state index in [1.807, 2.05) is 6.07 Å². The molecule has 0 aliphatic heterocycles. The number of carbonyl (C=O) groups excluding carboxylic acids is 1. The lowest BCUT2D eigenvalue weighted by Crippen LogP contribution is -2.34. The number of nitrogens with one attached hydrogen (secondary N) is 1. The minimum absolute atomic E-state index is 0.0680. The van der Waals surface area contributed by atoms with E-state index in [0.717, 1.165) is 43.0 Å². The molecule has 1 amide bonds. The van der Waals surface area contributed by atoms with Crippen molar-refractivity contribution in [2.24, 2.45) is 17.6 Å². The fourth-order valence-electron chi connectivity index (χ4n) is 4.93. The van der Waals surface area contributed by atoms with E-state index < -0.39 is 34.6 Å². The predicted molar refractivity (Wildman–Crippen MR) is 129 cm³/mol. The Labute approximate surface area is 203 Å². The van der Waals surface area contributed by atoms with Crippen LogP contribution < -0.4 is 11.1 Å². The van der Waals surface area contributed by atoms with Crippen LogP contribution in [-0.2, 0) is 0 Å². The lowest BCUT2D eigenvalue weighted by atomic mass is 9.72. The van der Waals surface area contributed by atoms with Gasteiger partial charge >= 0.3 is 0 Å². The minimum Gasteiger partial charge on any atom is -0.328 e. The number of hydrogen-bond acceptors (Lipinski definition) is 4. The van der Waals surface area contributed by atoms with Gasteiger partial charge in [-0.15, -0.1) is 0 Å². The molecule has 1 aliphatic rings. The van der Waals surface area contributed by atoms with Crippen molar-refractivity contribution in [1.29, 1.82) is 0 Å². The zero-order valence-electron chi connectivity index (χ0n) is 20.0. The Bertz CT molecular complexity index is 1220. The van der Waals surface area contributed by atoms with E-state index in [-0.39, 0.29) is 17.7 Å². The quantitative estimate of drug-likeness (QED) is 0.468. The number of anilines is 1. The molecular formula is C27H29F3N4O. The number of rotatable bonds is 5. The van der Waals surface area contributed by atoms with Gasteiger partial charge in [-0.05, 0) is 85.4 Å². The number of aromatic nitrogens is 2. The Hall–Kier alpha value is -3.26. The van der Waals surface area contributed by atoms with Crippen molar-refractivity contribution in [3.63, 3.8) is 0 Å². The SMILES string of the molecule is Cc1cc(F)c(-c2nc(C(=O)Nc3cnccc3[C@H]3C[C@H](N)C[C@@H](C(C)C)C3)ccc2F)c(F)c1. The summed E-state index contributed by atoms with van der Waals surface area (Å²) in [5.74, 6) is -2.34. The van der Waals surface area contributed by atoms with Crippen LogP contribution in [0.25, 0.3) is 11.3 Å². The van der Waals surface area contributed by atoms with Gasteiger partial charge in [0.25, 0.3) is 5.91 Å². The summed E-state index contributed by atoms with van der Waals surface area (Å²) in [5, 5.41) is 2.80. The highest BCUT2D eigenvalue weighted by Gasteiger charge is 2.31.